The molecule has 15 heavy (non-hydrogen) atoms. The number of aliphatic hydroxyl groups is 1. The fourth-order valence-corrected chi connectivity index (χ4v) is 2.61. The van der Waals surface area contributed by atoms with Crippen molar-refractivity contribution in [3.8, 4) is 0 Å². The van der Waals surface area contributed by atoms with E-state index in [1.807, 2.05) is 39.0 Å². The number of nitrogens with two attached hydrogens (primary N) is 1. The molecule has 2 rings (SSSR count). The van der Waals surface area contributed by atoms with Crippen LogP contribution in [0.25, 0.3) is 0 Å². The van der Waals surface area contributed by atoms with Crippen LogP contribution in [0.4, 0.5) is 0 Å². The van der Waals surface area contributed by atoms with Gasteiger partial charge in [-0.15, -0.1) is 0 Å². The Bertz CT molecular complexity index is 380. The van der Waals surface area contributed by atoms with Crippen LogP contribution in [-0.2, 0) is 12.0 Å². The molecule has 3 N–H and O–H groups in total. The van der Waals surface area contributed by atoms with E-state index in [2.05, 4.69) is 6.07 Å². The molecular formula is C13H19NO. The molecule has 0 spiro atoms. The van der Waals surface area contributed by atoms with Gasteiger partial charge in [-0.1, -0.05) is 45.0 Å². The van der Waals surface area contributed by atoms with Crippen molar-refractivity contribution in [2.75, 3.05) is 0 Å². The fraction of sp³-hybridized carbons (Fsp3) is 0.538. The Morgan fingerprint density at radius 1 is 1.33 bits per heavy atom. The van der Waals surface area contributed by atoms with Crippen LogP contribution >= 0.6 is 0 Å². The Balaban J connectivity index is 2.59. The Kier molecular flexibility index (Phi) is 2.18. The number of rotatable bonds is 0. The van der Waals surface area contributed by atoms with Crippen molar-refractivity contribution in [1.29, 1.82) is 0 Å². The van der Waals surface area contributed by atoms with Gasteiger partial charge in [0.2, 0.25) is 0 Å². The zero-order valence-corrected chi connectivity index (χ0v) is 9.62. The van der Waals surface area contributed by atoms with Crippen LogP contribution < -0.4 is 5.73 Å². The zero-order valence-electron chi connectivity index (χ0n) is 9.62. The summed E-state index contributed by atoms with van der Waals surface area (Å²) < 4.78 is 0. The number of fused-ring (bicyclic) bond motifs is 1. The van der Waals surface area contributed by atoms with E-state index in [1.165, 1.54) is 5.56 Å². The van der Waals surface area contributed by atoms with Crippen molar-refractivity contribution in [1.82, 2.24) is 0 Å². The van der Waals surface area contributed by atoms with Gasteiger partial charge in [0.1, 0.15) is 5.60 Å². The summed E-state index contributed by atoms with van der Waals surface area (Å²) in [6.07, 6.45) is 0.768. The van der Waals surface area contributed by atoms with Gasteiger partial charge in [0.05, 0.1) is 0 Å². The highest BCUT2D eigenvalue weighted by atomic mass is 16.3. The van der Waals surface area contributed by atoms with Crippen molar-refractivity contribution in [3.63, 3.8) is 0 Å². The lowest BCUT2D eigenvalue weighted by Gasteiger charge is -2.41. The van der Waals surface area contributed by atoms with Gasteiger partial charge < -0.3 is 10.8 Å². The highest BCUT2D eigenvalue weighted by molar-refractivity contribution is 5.41. The Hall–Kier alpha value is -0.860. The van der Waals surface area contributed by atoms with Gasteiger partial charge in [0, 0.05) is 6.04 Å². The minimum atomic E-state index is -0.899. The van der Waals surface area contributed by atoms with Gasteiger partial charge in [-0.05, 0) is 23.0 Å². The maximum Gasteiger partial charge on any atom is 0.110 e. The maximum absolute atomic E-state index is 10.8. The predicted molar refractivity (Wildman–Crippen MR) is 61.5 cm³/mol. The topological polar surface area (TPSA) is 46.2 Å². The molecule has 2 nitrogen and oxygen atoms in total. The number of benzene rings is 1. The predicted octanol–water partition coefficient (Wildman–Crippen LogP) is 1.80. The van der Waals surface area contributed by atoms with Crippen LogP contribution in [0.5, 0.6) is 0 Å². The summed E-state index contributed by atoms with van der Waals surface area (Å²) in [5, 5.41) is 10.8. The summed E-state index contributed by atoms with van der Waals surface area (Å²) in [4.78, 5) is 0. The molecular weight excluding hydrogens is 186 g/mol. The molecule has 0 bridgehead atoms. The molecule has 0 saturated carbocycles. The van der Waals surface area contributed by atoms with Crippen LogP contribution in [-0.4, -0.2) is 11.1 Å². The van der Waals surface area contributed by atoms with Crippen LogP contribution in [0, 0.1) is 5.41 Å². The molecule has 0 amide bonds. The molecule has 0 fully saturated rings. The molecule has 1 aromatic carbocycles. The molecule has 1 aliphatic carbocycles. The SMILES string of the molecule is CC(C)(C)[C@]1(O)c2ccccc2C[C@H]1N. The molecule has 1 aromatic rings. The highest BCUT2D eigenvalue weighted by Gasteiger charge is 2.51. The van der Waals surface area contributed by atoms with E-state index in [0.717, 1.165) is 12.0 Å². The maximum atomic E-state index is 10.8. The molecule has 0 radical (unpaired) electrons. The van der Waals surface area contributed by atoms with Crippen LogP contribution in [0.3, 0.4) is 0 Å². The number of hydrogen-bond acceptors (Lipinski definition) is 2. The Morgan fingerprint density at radius 2 is 1.93 bits per heavy atom. The van der Waals surface area contributed by atoms with E-state index in [4.69, 9.17) is 5.73 Å². The standard InChI is InChI=1S/C13H19NO/c1-12(2,3)13(15)10-7-5-4-6-9(10)8-11(13)14/h4-7,11,15H,8,14H2,1-3H3/t11-,13+/m1/s1. The Labute approximate surface area is 91.1 Å². The molecule has 1 aliphatic rings. The van der Waals surface area contributed by atoms with Crippen molar-refractivity contribution >= 4 is 0 Å². The molecule has 0 heterocycles. The first-order valence-electron chi connectivity index (χ1n) is 5.43. The van der Waals surface area contributed by atoms with Crippen LogP contribution in [0.2, 0.25) is 0 Å². The van der Waals surface area contributed by atoms with E-state index < -0.39 is 5.60 Å². The van der Waals surface area contributed by atoms with Gasteiger partial charge in [-0.2, -0.15) is 0 Å². The third-order valence-corrected chi connectivity index (χ3v) is 3.55. The minimum absolute atomic E-state index is 0.199. The third-order valence-electron chi connectivity index (χ3n) is 3.55. The second kappa shape index (κ2) is 3.06. The van der Waals surface area contributed by atoms with E-state index in [9.17, 15) is 5.11 Å². The second-order valence-corrected chi connectivity index (χ2v) is 5.48. The van der Waals surface area contributed by atoms with Crippen LogP contribution in [0.1, 0.15) is 31.9 Å². The summed E-state index contributed by atoms with van der Waals surface area (Å²) >= 11 is 0. The molecule has 0 aromatic heterocycles. The molecule has 82 valence electrons. The quantitative estimate of drug-likeness (QED) is 0.678. The molecule has 0 saturated heterocycles. The average molecular weight is 205 g/mol. The normalized spacial score (nSPS) is 30.3. The summed E-state index contributed by atoms with van der Waals surface area (Å²) in [7, 11) is 0. The van der Waals surface area contributed by atoms with E-state index in [-0.39, 0.29) is 11.5 Å². The minimum Gasteiger partial charge on any atom is -0.383 e. The van der Waals surface area contributed by atoms with E-state index >= 15 is 0 Å². The van der Waals surface area contributed by atoms with Crippen molar-refractivity contribution in [3.05, 3.63) is 35.4 Å². The van der Waals surface area contributed by atoms with E-state index in [0.29, 0.717) is 0 Å². The first-order valence-corrected chi connectivity index (χ1v) is 5.43. The van der Waals surface area contributed by atoms with Gasteiger partial charge in [0.15, 0.2) is 0 Å². The lowest BCUT2D eigenvalue weighted by molar-refractivity contribution is -0.0755. The molecule has 0 unspecified atom stereocenters. The smallest absolute Gasteiger partial charge is 0.110 e. The first-order chi connectivity index (χ1) is 6.87. The van der Waals surface area contributed by atoms with Crippen molar-refractivity contribution in [2.45, 2.75) is 38.8 Å². The van der Waals surface area contributed by atoms with E-state index in [1.54, 1.807) is 0 Å². The second-order valence-electron chi connectivity index (χ2n) is 5.48. The van der Waals surface area contributed by atoms with Gasteiger partial charge in [-0.3, -0.25) is 0 Å². The van der Waals surface area contributed by atoms with Crippen molar-refractivity contribution < 1.29 is 5.11 Å². The molecule has 0 aliphatic heterocycles. The van der Waals surface area contributed by atoms with Gasteiger partial charge in [0.25, 0.3) is 0 Å². The monoisotopic (exact) mass is 205 g/mol. The average Bonchev–Trinajstić information content (AvgIpc) is 2.40. The lowest BCUT2D eigenvalue weighted by Crippen LogP contribution is -2.51. The molecule has 2 atom stereocenters. The Morgan fingerprint density at radius 3 is 2.53 bits per heavy atom. The summed E-state index contributed by atoms with van der Waals surface area (Å²) in [6.45, 7) is 6.11. The summed E-state index contributed by atoms with van der Waals surface area (Å²) in [6, 6.07) is 7.81. The lowest BCUT2D eigenvalue weighted by atomic mass is 9.71. The highest BCUT2D eigenvalue weighted by Crippen LogP contribution is 2.47. The first kappa shape index (κ1) is 10.7. The van der Waals surface area contributed by atoms with Crippen LogP contribution in [0.15, 0.2) is 24.3 Å². The fourth-order valence-electron chi connectivity index (χ4n) is 2.61. The largest absolute Gasteiger partial charge is 0.383 e. The molecule has 2 heteroatoms. The summed E-state index contributed by atoms with van der Waals surface area (Å²) in [5.41, 5.74) is 7.15. The van der Waals surface area contributed by atoms with Gasteiger partial charge >= 0.3 is 0 Å². The third kappa shape index (κ3) is 1.32. The summed E-state index contributed by atoms with van der Waals surface area (Å²) in [5.74, 6) is 0. The van der Waals surface area contributed by atoms with Crippen molar-refractivity contribution in [2.24, 2.45) is 11.1 Å². The number of hydrogen-bond donors (Lipinski definition) is 2. The van der Waals surface area contributed by atoms with Gasteiger partial charge in [-0.25, -0.2) is 0 Å². The zero-order chi connectivity index (χ0) is 11.3.